The smallest absolute Gasteiger partial charge is 0.326 e. The first-order valence-electron chi connectivity index (χ1n) is 18.3. The molecule has 12 nitrogen and oxygen atoms in total. The second kappa shape index (κ2) is 13.9. The van der Waals surface area contributed by atoms with Gasteiger partial charge in [-0.2, -0.15) is 0 Å². The lowest BCUT2D eigenvalue weighted by Crippen LogP contribution is -2.54. The molecular weight excluding hydrogens is 643 g/mol. The molecule has 49 heavy (non-hydrogen) atoms. The van der Waals surface area contributed by atoms with Crippen molar-refractivity contribution in [2.24, 2.45) is 22.7 Å². The Morgan fingerprint density at radius 3 is 1.84 bits per heavy atom. The predicted octanol–water partition coefficient (Wildman–Crippen LogP) is 6.33. The third-order valence-electron chi connectivity index (χ3n) is 12.0. The van der Waals surface area contributed by atoms with Crippen LogP contribution in [0, 0.1) is 22.7 Å². The number of fused-ring (bicyclic) bond motifs is 7. The van der Waals surface area contributed by atoms with Crippen LogP contribution >= 0.6 is 7.44 Å². The highest BCUT2D eigenvalue weighted by molar-refractivity contribution is 7.59. The van der Waals surface area contributed by atoms with Gasteiger partial charge in [-0.25, -0.2) is 20.1 Å². The van der Waals surface area contributed by atoms with Crippen LogP contribution in [-0.4, -0.2) is 63.2 Å². The summed E-state index contributed by atoms with van der Waals surface area (Å²) in [5.41, 5.74) is 5.24. The average molecular weight is 701 g/mol. The topological polar surface area (TPSA) is 160 Å². The van der Waals surface area contributed by atoms with Crippen molar-refractivity contribution >= 4 is 36.2 Å². The fourth-order valence-electron chi connectivity index (χ4n) is 8.67. The number of nitrogen functional groups attached to an aromatic ring is 1. The van der Waals surface area contributed by atoms with E-state index >= 15 is 0 Å². The van der Waals surface area contributed by atoms with E-state index in [0.29, 0.717) is 36.6 Å². The molecule has 0 amide bonds. The molecule has 4 N–H and O–H groups in total. The van der Waals surface area contributed by atoms with E-state index in [9.17, 15) is 14.2 Å². The SMILES string of the molecule is C[C@H](Cn1cnc2c(N)ccnc21)OCP(=O)(NC(C)(C)C(=O)OCC12CCC(CC1)CC2)NC(C)(C)C(=O)OCC12CCC(CC1)CC2. The summed E-state index contributed by atoms with van der Waals surface area (Å²) in [6.07, 6.45) is 16.2. The molecule has 0 aromatic carbocycles. The van der Waals surface area contributed by atoms with Crippen molar-refractivity contribution in [1.29, 1.82) is 0 Å². The Labute approximate surface area is 290 Å². The molecule has 2 aromatic heterocycles. The number of hydrogen-bond acceptors (Lipinski definition) is 9. The number of nitrogens with two attached hydrogens (primary N) is 1. The minimum absolute atomic E-state index is 0.0425. The molecule has 2 heterocycles. The second-order valence-corrected chi connectivity index (χ2v) is 19.1. The molecule has 4 bridgehead atoms. The number of nitrogens with one attached hydrogen (secondary N) is 2. The summed E-state index contributed by atoms with van der Waals surface area (Å²) in [7, 11) is -3.80. The van der Waals surface area contributed by atoms with Gasteiger partial charge in [0.15, 0.2) is 5.65 Å². The zero-order valence-corrected chi connectivity index (χ0v) is 31.0. The highest BCUT2D eigenvalue weighted by atomic mass is 31.2. The highest BCUT2D eigenvalue weighted by Crippen LogP contribution is 2.52. The molecule has 0 aliphatic heterocycles. The number of hydrogen-bond donors (Lipinski definition) is 3. The zero-order chi connectivity index (χ0) is 35.1. The molecule has 2 aromatic rings. The zero-order valence-electron chi connectivity index (χ0n) is 30.1. The largest absolute Gasteiger partial charge is 0.464 e. The number of imidazole rings is 1. The summed E-state index contributed by atoms with van der Waals surface area (Å²) in [4.78, 5) is 36.0. The van der Waals surface area contributed by atoms with Crippen LogP contribution < -0.4 is 15.9 Å². The van der Waals surface area contributed by atoms with Crippen LogP contribution in [0.4, 0.5) is 5.69 Å². The Kier molecular flexibility index (Phi) is 10.3. The van der Waals surface area contributed by atoms with E-state index < -0.39 is 36.6 Å². The van der Waals surface area contributed by atoms with Crippen molar-refractivity contribution in [2.75, 3.05) is 25.3 Å². The summed E-state index contributed by atoms with van der Waals surface area (Å²) in [5.74, 6) is 0.657. The van der Waals surface area contributed by atoms with Crippen LogP contribution in [0.15, 0.2) is 18.6 Å². The fourth-order valence-corrected chi connectivity index (χ4v) is 11.3. The number of rotatable bonds is 15. The molecule has 6 aliphatic rings. The monoisotopic (exact) mass is 700 g/mol. The number of carbonyl (C=O) groups excluding carboxylic acids is 2. The minimum atomic E-state index is -3.80. The third-order valence-corrected chi connectivity index (χ3v) is 14.3. The third kappa shape index (κ3) is 8.18. The lowest BCUT2D eigenvalue weighted by Gasteiger charge is -2.46. The Morgan fingerprint density at radius 1 is 0.898 bits per heavy atom. The molecule has 6 fully saturated rings. The highest BCUT2D eigenvalue weighted by Gasteiger charge is 2.47. The van der Waals surface area contributed by atoms with Crippen molar-refractivity contribution in [3.63, 3.8) is 0 Å². The Hall–Kier alpha value is -2.53. The lowest BCUT2D eigenvalue weighted by atomic mass is 9.61. The van der Waals surface area contributed by atoms with Crippen LogP contribution in [0.25, 0.3) is 11.2 Å². The number of esters is 2. The number of nitrogens with zero attached hydrogens (tertiary/aromatic N) is 3. The van der Waals surface area contributed by atoms with Gasteiger partial charge in [0.25, 0.3) is 0 Å². The quantitative estimate of drug-likeness (QED) is 0.141. The van der Waals surface area contributed by atoms with E-state index in [1.54, 1.807) is 46.3 Å². The molecule has 0 unspecified atom stereocenters. The second-order valence-electron chi connectivity index (χ2n) is 16.9. The normalized spacial score (nSPS) is 28.7. The molecule has 0 radical (unpaired) electrons. The van der Waals surface area contributed by atoms with Gasteiger partial charge in [0.2, 0.25) is 7.44 Å². The van der Waals surface area contributed by atoms with Crippen LogP contribution in [0.2, 0.25) is 0 Å². The Morgan fingerprint density at radius 2 is 1.37 bits per heavy atom. The maximum Gasteiger partial charge on any atom is 0.326 e. The summed E-state index contributed by atoms with van der Waals surface area (Å²) < 4.78 is 34.8. The van der Waals surface area contributed by atoms with Gasteiger partial charge in [-0.15, -0.1) is 0 Å². The van der Waals surface area contributed by atoms with Crippen LogP contribution in [-0.2, 0) is 34.9 Å². The van der Waals surface area contributed by atoms with Gasteiger partial charge in [0.1, 0.15) is 22.9 Å². The summed E-state index contributed by atoms with van der Waals surface area (Å²) in [6.45, 7) is 9.63. The van der Waals surface area contributed by atoms with Gasteiger partial charge in [0, 0.05) is 17.0 Å². The Bertz CT molecular complexity index is 1460. The van der Waals surface area contributed by atoms with Crippen LogP contribution in [0.5, 0.6) is 0 Å². The van der Waals surface area contributed by atoms with E-state index in [1.807, 2.05) is 11.5 Å². The van der Waals surface area contributed by atoms with E-state index in [2.05, 4.69) is 20.1 Å². The average Bonchev–Trinajstić information content (AvgIpc) is 3.50. The molecule has 6 saturated carbocycles. The number of carbonyl (C=O) groups is 2. The van der Waals surface area contributed by atoms with Gasteiger partial charge in [-0.1, -0.05) is 0 Å². The Balaban J connectivity index is 1.13. The van der Waals surface area contributed by atoms with Crippen molar-refractivity contribution in [1.82, 2.24) is 24.7 Å². The summed E-state index contributed by atoms with van der Waals surface area (Å²) in [6, 6.07) is 1.70. The molecule has 0 spiro atoms. The first kappa shape index (κ1) is 36.3. The van der Waals surface area contributed by atoms with Crippen LogP contribution in [0.3, 0.4) is 0 Å². The molecule has 0 saturated heterocycles. The van der Waals surface area contributed by atoms with Gasteiger partial charge in [0.05, 0.1) is 37.9 Å². The maximum atomic E-state index is 14.9. The van der Waals surface area contributed by atoms with E-state index in [4.69, 9.17) is 19.9 Å². The molecule has 272 valence electrons. The number of anilines is 1. The van der Waals surface area contributed by atoms with E-state index in [0.717, 1.165) is 50.4 Å². The number of ether oxygens (including phenoxy) is 3. The van der Waals surface area contributed by atoms with Gasteiger partial charge >= 0.3 is 11.9 Å². The first-order valence-corrected chi connectivity index (χ1v) is 20.2. The molecule has 6 aliphatic carbocycles. The van der Waals surface area contributed by atoms with Crippen molar-refractivity contribution in [2.45, 2.75) is 135 Å². The molecule has 13 heteroatoms. The molecular formula is C36H57N6O6P. The molecule has 1 atom stereocenters. The molecule has 8 rings (SSSR count). The van der Waals surface area contributed by atoms with Gasteiger partial charge < -0.3 is 24.5 Å². The fraction of sp³-hybridized carbons (Fsp3) is 0.778. The van der Waals surface area contributed by atoms with Crippen molar-refractivity contribution < 1.29 is 28.4 Å². The summed E-state index contributed by atoms with van der Waals surface area (Å²) in [5, 5.41) is 6.16. The van der Waals surface area contributed by atoms with Gasteiger partial charge in [-0.3, -0.25) is 14.2 Å². The van der Waals surface area contributed by atoms with Crippen molar-refractivity contribution in [3.8, 4) is 0 Å². The summed E-state index contributed by atoms with van der Waals surface area (Å²) >= 11 is 0. The number of aromatic nitrogens is 3. The first-order chi connectivity index (χ1) is 23.1. The van der Waals surface area contributed by atoms with Crippen LogP contribution in [0.1, 0.15) is 112 Å². The maximum absolute atomic E-state index is 14.9. The van der Waals surface area contributed by atoms with Crippen molar-refractivity contribution in [3.05, 3.63) is 18.6 Å². The van der Waals surface area contributed by atoms with E-state index in [-0.39, 0.29) is 17.2 Å². The minimum Gasteiger partial charge on any atom is -0.464 e. The van der Waals surface area contributed by atoms with E-state index in [1.165, 1.54) is 38.5 Å². The lowest BCUT2D eigenvalue weighted by molar-refractivity contribution is -0.156. The van der Waals surface area contributed by atoms with Gasteiger partial charge in [-0.05, 0) is 130 Å². The number of pyridine rings is 1. The predicted molar refractivity (Wildman–Crippen MR) is 189 cm³/mol. The standard InChI is InChI=1S/C36H57N6O6P/c1-25(20-42-23-39-29-28(37)12-19-38-30(29)42)48-24-49(45,40-33(2,3)31(43)46-21-35-13-6-26(7-14-35)8-15-35)41-34(4,5)32(44)47-22-36-16-9-27(10-17-36)11-18-36/h12,19,23,25-27H,6-11,13-18,20-22,24H2,1-5H3,(H2,37,38)(H2,40,41,45)/t25-,26?,27?,35?,36?,49?/m1/s1.